The second-order valence-corrected chi connectivity index (χ2v) is 7.00. The smallest absolute Gasteiger partial charge is 0.303 e. The maximum Gasteiger partial charge on any atom is 0.303 e. The molecule has 128 valence electrons. The number of hydrogen-bond donors (Lipinski definition) is 2. The first-order valence-electron chi connectivity index (χ1n) is 8.44. The zero-order valence-electron chi connectivity index (χ0n) is 13.6. The highest BCUT2D eigenvalue weighted by Crippen LogP contribution is 2.28. The van der Waals surface area contributed by atoms with E-state index in [2.05, 4.69) is 14.9 Å². The van der Waals surface area contributed by atoms with E-state index in [1.165, 1.54) is 32.1 Å². The topological polar surface area (TPSA) is 92.2 Å². The number of rotatable bonds is 8. The molecule has 1 aliphatic rings. The molecule has 1 heterocycles. The highest BCUT2D eigenvalue weighted by molar-refractivity contribution is 7.08. The molecule has 1 amide bonds. The Bertz CT molecular complexity index is 526. The van der Waals surface area contributed by atoms with E-state index in [0.717, 1.165) is 18.0 Å². The number of nitrogens with one attached hydrogen (secondary N) is 1. The standard InChI is InChI=1S/C16H25N3O3S/c1-2-13-15(23-19-18-13)16(22)17-12(8-9-14(20)21)10-11-6-4-3-5-7-11/h11-12H,2-10H2,1H3,(H,17,22)(H,20,21). The van der Waals surface area contributed by atoms with Crippen LogP contribution < -0.4 is 5.32 Å². The summed E-state index contributed by atoms with van der Waals surface area (Å²) in [7, 11) is 0. The molecule has 0 saturated heterocycles. The summed E-state index contributed by atoms with van der Waals surface area (Å²) in [6.45, 7) is 1.94. The van der Waals surface area contributed by atoms with Crippen molar-refractivity contribution in [3.8, 4) is 0 Å². The fourth-order valence-corrected chi connectivity index (χ4v) is 3.89. The van der Waals surface area contributed by atoms with Gasteiger partial charge in [-0.25, -0.2) is 0 Å². The zero-order valence-corrected chi connectivity index (χ0v) is 14.4. The van der Waals surface area contributed by atoms with E-state index in [9.17, 15) is 9.59 Å². The minimum atomic E-state index is -0.818. The van der Waals surface area contributed by atoms with Crippen molar-refractivity contribution in [3.05, 3.63) is 10.6 Å². The van der Waals surface area contributed by atoms with Gasteiger partial charge in [0.25, 0.3) is 5.91 Å². The molecular formula is C16H25N3O3S. The molecule has 2 rings (SSSR count). The minimum absolute atomic E-state index is 0.0826. The first kappa shape index (κ1) is 17.8. The second kappa shape index (κ2) is 8.96. The van der Waals surface area contributed by atoms with Gasteiger partial charge in [-0.1, -0.05) is 43.5 Å². The van der Waals surface area contributed by atoms with Crippen LogP contribution in [0.4, 0.5) is 0 Å². The first-order chi connectivity index (χ1) is 11.1. The molecule has 23 heavy (non-hydrogen) atoms. The van der Waals surface area contributed by atoms with Crippen LogP contribution in [0.2, 0.25) is 0 Å². The molecule has 7 heteroatoms. The predicted octanol–water partition coefficient (Wildman–Crippen LogP) is 3.03. The van der Waals surface area contributed by atoms with Crippen molar-refractivity contribution in [3.63, 3.8) is 0 Å². The second-order valence-electron chi connectivity index (χ2n) is 6.24. The van der Waals surface area contributed by atoms with Crippen molar-refractivity contribution in [2.75, 3.05) is 0 Å². The number of aromatic nitrogens is 2. The van der Waals surface area contributed by atoms with Crippen molar-refractivity contribution in [2.24, 2.45) is 5.92 Å². The molecule has 1 aromatic heterocycles. The average Bonchev–Trinajstić information content (AvgIpc) is 3.02. The van der Waals surface area contributed by atoms with Crippen molar-refractivity contribution in [1.29, 1.82) is 0 Å². The van der Waals surface area contributed by atoms with E-state index < -0.39 is 5.97 Å². The van der Waals surface area contributed by atoms with Crippen molar-refractivity contribution in [1.82, 2.24) is 14.9 Å². The average molecular weight is 339 g/mol. The normalized spacial score (nSPS) is 16.9. The molecular weight excluding hydrogens is 314 g/mol. The molecule has 2 N–H and O–H groups in total. The number of aryl methyl sites for hydroxylation is 1. The van der Waals surface area contributed by atoms with Crippen molar-refractivity contribution in [2.45, 2.75) is 70.8 Å². The molecule has 0 aromatic carbocycles. The first-order valence-corrected chi connectivity index (χ1v) is 9.21. The van der Waals surface area contributed by atoms with Gasteiger partial charge in [-0.2, -0.15) is 0 Å². The number of carboxylic acids is 1. The number of aliphatic carboxylic acids is 1. The maximum atomic E-state index is 12.5. The minimum Gasteiger partial charge on any atom is -0.481 e. The van der Waals surface area contributed by atoms with E-state index in [1.54, 1.807) is 0 Å². The Labute approximate surface area is 140 Å². The van der Waals surface area contributed by atoms with E-state index >= 15 is 0 Å². The van der Waals surface area contributed by atoms with Gasteiger partial charge in [0, 0.05) is 12.5 Å². The molecule has 0 bridgehead atoms. The fourth-order valence-electron chi connectivity index (χ4n) is 3.24. The Morgan fingerprint density at radius 1 is 1.35 bits per heavy atom. The summed E-state index contributed by atoms with van der Waals surface area (Å²) in [5.74, 6) is -0.391. The molecule has 1 aliphatic carbocycles. The van der Waals surface area contributed by atoms with Crippen LogP contribution in [-0.4, -0.2) is 32.6 Å². The van der Waals surface area contributed by atoms with Gasteiger partial charge >= 0.3 is 5.97 Å². The SMILES string of the molecule is CCc1nnsc1C(=O)NC(CCC(=O)O)CC1CCCCC1. The molecule has 0 spiro atoms. The van der Waals surface area contributed by atoms with Crippen LogP contribution in [0.5, 0.6) is 0 Å². The summed E-state index contributed by atoms with van der Waals surface area (Å²) >= 11 is 1.11. The number of carboxylic acid groups (broad SMARTS) is 1. The maximum absolute atomic E-state index is 12.5. The molecule has 1 saturated carbocycles. The van der Waals surface area contributed by atoms with E-state index in [0.29, 0.717) is 29.3 Å². The van der Waals surface area contributed by atoms with Crippen LogP contribution in [0.1, 0.15) is 73.7 Å². The number of nitrogens with zero attached hydrogens (tertiary/aromatic N) is 2. The molecule has 1 atom stereocenters. The van der Waals surface area contributed by atoms with Gasteiger partial charge in [0.1, 0.15) is 4.88 Å². The van der Waals surface area contributed by atoms with Gasteiger partial charge in [0.2, 0.25) is 0 Å². The van der Waals surface area contributed by atoms with Gasteiger partial charge in [-0.15, -0.1) is 5.10 Å². The van der Waals surface area contributed by atoms with Gasteiger partial charge in [0.15, 0.2) is 0 Å². The summed E-state index contributed by atoms with van der Waals surface area (Å²) in [4.78, 5) is 23.9. The molecule has 1 aromatic rings. The molecule has 0 radical (unpaired) electrons. The monoisotopic (exact) mass is 339 g/mol. The van der Waals surface area contributed by atoms with Gasteiger partial charge < -0.3 is 10.4 Å². The predicted molar refractivity (Wildman–Crippen MR) is 88.6 cm³/mol. The van der Waals surface area contributed by atoms with Crippen molar-refractivity contribution < 1.29 is 14.7 Å². The Morgan fingerprint density at radius 2 is 2.09 bits per heavy atom. The lowest BCUT2D eigenvalue weighted by molar-refractivity contribution is -0.137. The van der Waals surface area contributed by atoms with E-state index in [4.69, 9.17) is 5.11 Å². The Morgan fingerprint density at radius 3 is 2.74 bits per heavy atom. The van der Waals surface area contributed by atoms with Gasteiger partial charge in [-0.3, -0.25) is 9.59 Å². The van der Waals surface area contributed by atoms with Crippen LogP contribution in [0.3, 0.4) is 0 Å². The quantitative estimate of drug-likeness (QED) is 0.759. The van der Waals surface area contributed by atoms with Crippen LogP contribution >= 0.6 is 11.5 Å². The van der Waals surface area contributed by atoms with Crippen molar-refractivity contribution >= 4 is 23.4 Å². The summed E-state index contributed by atoms with van der Waals surface area (Å²) in [6.07, 6.45) is 8.23. The lowest BCUT2D eigenvalue weighted by Gasteiger charge is -2.27. The molecule has 0 aliphatic heterocycles. The Hall–Kier alpha value is -1.50. The lowest BCUT2D eigenvalue weighted by atomic mass is 9.84. The number of hydrogen-bond acceptors (Lipinski definition) is 5. The zero-order chi connectivity index (χ0) is 16.7. The van der Waals surface area contributed by atoms with E-state index in [-0.39, 0.29) is 18.4 Å². The lowest BCUT2D eigenvalue weighted by Crippen LogP contribution is -2.37. The number of carbonyl (C=O) groups excluding carboxylic acids is 1. The Kier molecular flexibility index (Phi) is 6.95. The number of amides is 1. The summed E-state index contributed by atoms with van der Waals surface area (Å²) in [5, 5.41) is 15.9. The van der Waals surface area contributed by atoms with Crippen LogP contribution in [-0.2, 0) is 11.2 Å². The van der Waals surface area contributed by atoms with Gasteiger partial charge in [0.05, 0.1) is 5.69 Å². The number of carbonyl (C=O) groups is 2. The highest BCUT2D eigenvalue weighted by atomic mass is 32.1. The summed E-state index contributed by atoms with van der Waals surface area (Å²) < 4.78 is 3.85. The Balaban J connectivity index is 1.97. The van der Waals surface area contributed by atoms with Crippen LogP contribution in [0.25, 0.3) is 0 Å². The van der Waals surface area contributed by atoms with E-state index in [1.807, 2.05) is 6.92 Å². The van der Waals surface area contributed by atoms with Crippen LogP contribution in [0.15, 0.2) is 0 Å². The fraction of sp³-hybridized carbons (Fsp3) is 0.750. The molecule has 1 unspecified atom stereocenters. The third kappa shape index (κ3) is 5.57. The molecule has 6 nitrogen and oxygen atoms in total. The van der Waals surface area contributed by atoms with Gasteiger partial charge in [-0.05, 0) is 36.7 Å². The highest BCUT2D eigenvalue weighted by Gasteiger charge is 2.23. The molecule has 1 fully saturated rings. The largest absolute Gasteiger partial charge is 0.481 e. The third-order valence-corrected chi connectivity index (χ3v) is 5.25. The van der Waals surface area contributed by atoms with Crippen LogP contribution in [0, 0.1) is 5.92 Å². The summed E-state index contributed by atoms with van der Waals surface area (Å²) in [6, 6.07) is -0.0893. The summed E-state index contributed by atoms with van der Waals surface area (Å²) in [5.41, 5.74) is 0.710. The third-order valence-electron chi connectivity index (χ3n) is 4.48.